The molecule has 0 saturated carbocycles. The van der Waals surface area contributed by atoms with Crippen LogP contribution in [0.4, 0.5) is 5.69 Å². The number of hydrogen-bond donors (Lipinski definition) is 2. The van der Waals surface area contributed by atoms with Crippen LogP contribution in [0.15, 0.2) is 46.0 Å². The summed E-state index contributed by atoms with van der Waals surface area (Å²) in [7, 11) is -3.45. The van der Waals surface area contributed by atoms with Crippen LogP contribution in [-0.2, 0) is 10.0 Å². The van der Waals surface area contributed by atoms with E-state index >= 15 is 0 Å². The lowest BCUT2D eigenvalue weighted by Crippen LogP contribution is -2.25. The summed E-state index contributed by atoms with van der Waals surface area (Å²) < 4.78 is 32.0. The van der Waals surface area contributed by atoms with Crippen molar-refractivity contribution in [1.29, 1.82) is 0 Å². The Morgan fingerprint density at radius 2 is 2.00 bits per heavy atom. The lowest BCUT2D eigenvalue weighted by molar-refractivity contribution is 0.311. The van der Waals surface area contributed by atoms with E-state index in [1.807, 2.05) is 30.3 Å². The molecule has 0 saturated heterocycles. The van der Waals surface area contributed by atoms with Crippen molar-refractivity contribution in [3.05, 3.63) is 41.8 Å². The van der Waals surface area contributed by atoms with Gasteiger partial charge in [-0.2, -0.15) is 0 Å². The molecule has 0 bridgehead atoms. The van der Waals surface area contributed by atoms with Crippen molar-refractivity contribution in [2.45, 2.75) is 10.6 Å². The average Bonchev–Trinajstić information content (AvgIpc) is 2.87. The van der Waals surface area contributed by atoms with Gasteiger partial charge in [-0.15, -0.1) is 11.3 Å². The van der Waals surface area contributed by atoms with Gasteiger partial charge in [-0.05, 0) is 24.6 Å². The highest BCUT2D eigenvalue weighted by molar-refractivity contribution is 7.91. The van der Waals surface area contributed by atoms with Gasteiger partial charge in [0, 0.05) is 17.6 Å². The van der Waals surface area contributed by atoms with E-state index in [2.05, 4.69) is 4.72 Å². The Morgan fingerprint density at radius 1 is 1.25 bits per heavy atom. The van der Waals surface area contributed by atoms with Crippen LogP contribution in [0, 0.1) is 0 Å². The van der Waals surface area contributed by atoms with E-state index in [9.17, 15) is 8.42 Å². The maximum absolute atomic E-state index is 11.9. The molecule has 1 heterocycles. The fourth-order valence-electron chi connectivity index (χ4n) is 1.53. The summed E-state index contributed by atoms with van der Waals surface area (Å²) in [6.07, 6.45) is 0.592. The molecule has 0 spiro atoms. The standard InChI is InChI=1S/C13H16N2O3S2/c14-11-9-13(19-10-11)20(16,17)15-7-4-8-18-12-5-2-1-3-6-12/h1-3,5-6,9-10,15H,4,7-8,14H2. The number of nitrogens with one attached hydrogen (secondary N) is 1. The quantitative estimate of drug-likeness (QED) is 0.767. The Hall–Kier alpha value is -1.57. The van der Waals surface area contributed by atoms with Gasteiger partial charge in [0.05, 0.1) is 6.61 Å². The number of anilines is 1. The van der Waals surface area contributed by atoms with Gasteiger partial charge < -0.3 is 10.5 Å². The van der Waals surface area contributed by atoms with E-state index in [-0.39, 0.29) is 4.21 Å². The lowest BCUT2D eigenvalue weighted by Gasteiger charge is -2.07. The van der Waals surface area contributed by atoms with Gasteiger partial charge in [0.2, 0.25) is 10.0 Å². The fourth-order valence-corrected chi connectivity index (χ4v) is 3.73. The SMILES string of the molecule is Nc1csc(S(=O)(=O)NCCCOc2ccccc2)c1. The summed E-state index contributed by atoms with van der Waals surface area (Å²) in [6.45, 7) is 0.784. The zero-order valence-corrected chi connectivity index (χ0v) is 12.4. The largest absolute Gasteiger partial charge is 0.494 e. The summed E-state index contributed by atoms with van der Waals surface area (Å²) in [5, 5.41) is 1.60. The Labute approximate surface area is 122 Å². The Kier molecular flexibility index (Phi) is 4.99. The van der Waals surface area contributed by atoms with Crippen molar-refractivity contribution in [3.63, 3.8) is 0 Å². The number of nitrogens with two attached hydrogens (primary N) is 1. The molecule has 0 amide bonds. The first kappa shape index (κ1) is 14.8. The number of hydrogen-bond acceptors (Lipinski definition) is 5. The van der Waals surface area contributed by atoms with Crippen LogP contribution in [0.3, 0.4) is 0 Å². The molecule has 0 aliphatic rings. The van der Waals surface area contributed by atoms with E-state index in [1.54, 1.807) is 5.38 Å². The van der Waals surface area contributed by atoms with Gasteiger partial charge in [0.25, 0.3) is 0 Å². The van der Waals surface area contributed by atoms with Crippen molar-refractivity contribution in [3.8, 4) is 5.75 Å². The molecule has 1 aromatic heterocycles. The molecule has 2 aromatic rings. The first-order valence-electron chi connectivity index (χ1n) is 6.09. The number of sulfonamides is 1. The fraction of sp³-hybridized carbons (Fsp3) is 0.231. The lowest BCUT2D eigenvalue weighted by atomic mass is 10.3. The highest BCUT2D eigenvalue weighted by Gasteiger charge is 2.15. The summed E-state index contributed by atoms with van der Waals surface area (Å²) in [5.41, 5.74) is 5.98. The van der Waals surface area contributed by atoms with Gasteiger partial charge in [-0.25, -0.2) is 13.1 Å². The van der Waals surface area contributed by atoms with E-state index in [0.717, 1.165) is 17.1 Å². The minimum Gasteiger partial charge on any atom is -0.494 e. The van der Waals surface area contributed by atoms with E-state index < -0.39 is 10.0 Å². The molecule has 7 heteroatoms. The molecule has 0 unspecified atom stereocenters. The number of benzene rings is 1. The summed E-state index contributed by atoms with van der Waals surface area (Å²) >= 11 is 1.11. The van der Waals surface area contributed by atoms with Crippen LogP contribution in [0.25, 0.3) is 0 Å². The number of thiophene rings is 1. The zero-order valence-electron chi connectivity index (χ0n) is 10.8. The Balaban J connectivity index is 1.73. The molecule has 108 valence electrons. The van der Waals surface area contributed by atoms with Crippen molar-refractivity contribution in [2.24, 2.45) is 0 Å². The molecular weight excluding hydrogens is 296 g/mol. The molecular formula is C13H16N2O3S2. The maximum Gasteiger partial charge on any atom is 0.250 e. The topological polar surface area (TPSA) is 81.4 Å². The van der Waals surface area contributed by atoms with Gasteiger partial charge in [0.15, 0.2) is 0 Å². The highest BCUT2D eigenvalue weighted by atomic mass is 32.2. The predicted octanol–water partition coefficient (Wildman–Crippen LogP) is 2.08. The second-order valence-corrected chi connectivity index (χ2v) is 7.02. The number of ether oxygens (including phenoxy) is 1. The van der Waals surface area contributed by atoms with Crippen LogP contribution in [0.2, 0.25) is 0 Å². The maximum atomic E-state index is 11.9. The van der Waals surface area contributed by atoms with Crippen molar-refractivity contribution in [2.75, 3.05) is 18.9 Å². The molecule has 0 fully saturated rings. The Bertz CT molecular complexity index is 639. The molecule has 3 N–H and O–H groups in total. The van der Waals surface area contributed by atoms with E-state index in [4.69, 9.17) is 10.5 Å². The van der Waals surface area contributed by atoms with Crippen molar-refractivity contribution < 1.29 is 13.2 Å². The van der Waals surface area contributed by atoms with Crippen LogP contribution in [-0.4, -0.2) is 21.6 Å². The van der Waals surface area contributed by atoms with Crippen LogP contribution < -0.4 is 15.2 Å². The van der Waals surface area contributed by atoms with Gasteiger partial charge >= 0.3 is 0 Å². The van der Waals surface area contributed by atoms with E-state index in [1.165, 1.54) is 6.07 Å². The highest BCUT2D eigenvalue weighted by Crippen LogP contribution is 2.21. The second-order valence-electron chi connectivity index (χ2n) is 4.11. The zero-order chi connectivity index (χ0) is 14.4. The Morgan fingerprint density at radius 3 is 2.65 bits per heavy atom. The molecule has 0 atom stereocenters. The number of nitrogen functional groups attached to an aromatic ring is 1. The van der Waals surface area contributed by atoms with Crippen molar-refractivity contribution in [1.82, 2.24) is 4.72 Å². The summed E-state index contributed by atoms with van der Waals surface area (Å²) in [4.78, 5) is 0. The first-order chi connectivity index (χ1) is 9.58. The molecule has 2 rings (SSSR count). The van der Waals surface area contributed by atoms with E-state index in [0.29, 0.717) is 25.3 Å². The smallest absolute Gasteiger partial charge is 0.250 e. The third kappa shape index (κ3) is 4.22. The predicted molar refractivity (Wildman–Crippen MR) is 80.5 cm³/mol. The third-order valence-electron chi connectivity index (χ3n) is 2.49. The average molecular weight is 312 g/mol. The van der Waals surface area contributed by atoms with Crippen LogP contribution >= 0.6 is 11.3 Å². The molecule has 1 aromatic carbocycles. The van der Waals surface area contributed by atoms with Crippen LogP contribution in [0.5, 0.6) is 5.75 Å². The third-order valence-corrected chi connectivity index (χ3v) is 5.40. The first-order valence-corrected chi connectivity index (χ1v) is 8.46. The second kappa shape index (κ2) is 6.74. The normalized spacial score (nSPS) is 11.4. The van der Waals surface area contributed by atoms with Gasteiger partial charge in [0.1, 0.15) is 9.96 Å². The molecule has 5 nitrogen and oxygen atoms in total. The van der Waals surface area contributed by atoms with Crippen LogP contribution in [0.1, 0.15) is 6.42 Å². The molecule has 0 aliphatic carbocycles. The molecule has 0 aliphatic heterocycles. The van der Waals surface area contributed by atoms with Gasteiger partial charge in [-0.3, -0.25) is 0 Å². The minimum atomic E-state index is -3.45. The number of rotatable bonds is 7. The summed E-state index contributed by atoms with van der Waals surface area (Å²) in [5.74, 6) is 0.779. The van der Waals surface area contributed by atoms with Gasteiger partial charge in [-0.1, -0.05) is 18.2 Å². The molecule has 0 radical (unpaired) electrons. The monoisotopic (exact) mass is 312 g/mol. The van der Waals surface area contributed by atoms with Crippen molar-refractivity contribution >= 4 is 27.0 Å². The summed E-state index contributed by atoms with van der Waals surface area (Å²) in [6, 6.07) is 10.9. The number of para-hydroxylation sites is 1. The minimum absolute atomic E-state index is 0.235. The molecule has 20 heavy (non-hydrogen) atoms.